The molecule has 0 amide bonds. The summed E-state index contributed by atoms with van der Waals surface area (Å²) in [5, 5.41) is 13.1. The summed E-state index contributed by atoms with van der Waals surface area (Å²) in [6.07, 6.45) is 0. The molecule has 0 unspecified atom stereocenters. The van der Waals surface area contributed by atoms with Crippen molar-refractivity contribution in [3.63, 3.8) is 0 Å². The summed E-state index contributed by atoms with van der Waals surface area (Å²) in [6.45, 7) is 0. The molecular formula is C25H28N6. The predicted octanol–water partition coefficient (Wildman–Crippen LogP) is 4.03. The average molecular weight is 413 g/mol. The van der Waals surface area contributed by atoms with Gasteiger partial charge < -0.3 is 4.90 Å². The van der Waals surface area contributed by atoms with Crippen molar-refractivity contribution in [3.05, 3.63) is 107 Å². The van der Waals surface area contributed by atoms with Crippen LogP contribution >= 0.6 is 0 Å². The highest BCUT2D eigenvalue weighted by atomic mass is 15.6. The Morgan fingerprint density at radius 2 is 1.23 bits per heavy atom. The van der Waals surface area contributed by atoms with Gasteiger partial charge in [-0.05, 0) is 53.3 Å². The van der Waals surface area contributed by atoms with Crippen LogP contribution in [0.5, 0.6) is 0 Å². The molecule has 6 heteroatoms. The van der Waals surface area contributed by atoms with Crippen molar-refractivity contribution in [2.24, 2.45) is 0 Å². The Labute approximate surface area is 183 Å². The normalized spacial score (nSPS) is 12.3. The van der Waals surface area contributed by atoms with Crippen molar-refractivity contribution in [2.45, 2.75) is 12.1 Å². The first-order valence-corrected chi connectivity index (χ1v) is 10.4. The van der Waals surface area contributed by atoms with Gasteiger partial charge in [0.1, 0.15) is 6.04 Å². The van der Waals surface area contributed by atoms with Gasteiger partial charge >= 0.3 is 0 Å². The second kappa shape index (κ2) is 9.10. The Morgan fingerprint density at radius 3 is 1.71 bits per heavy atom. The summed E-state index contributed by atoms with van der Waals surface area (Å²) in [5.41, 5.74) is 4.59. The highest BCUT2D eigenvalue weighted by molar-refractivity contribution is 5.47. The third-order valence-corrected chi connectivity index (χ3v) is 5.48. The third-order valence-electron chi connectivity index (χ3n) is 5.48. The predicted molar refractivity (Wildman–Crippen MR) is 124 cm³/mol. The van der Waals surface area contributed by atoms with Gasteiger partial charge in [0.15, 0.2) is 5.82 Å². The molecule has 3 aromatic carbocycles. The van der Waals surface area contributed by atoms with Crippen LogP contribution in [0, 0.1) is 0 Å². The molecule has 4 rings (SSSR count). The molecule has 0 aliphatic carbocycles. The van der Waals surface area contributed by atoms with Crippen LogP contribution in [-0.4, -0.2) is 53.3 Å². The smallest absolute Gasteiger partial charge is 0.174 e. The summed E-state index contributed by atoms with van der Waals surface area (Å²) >= 11 is 0. The average Bonchev–Trinajstić information content (AvgIpc) is 3.24. The van der Waals surface area contributed by atoms with Crippen LogP contribution in [0.3, 0.4) is 0 Å². The minimum Gasteiger partial charge on any atom is -0.378 e. The molecule has 1 aromatic heterocycles. The molecule has 6 nitrogen and oxygen atoms in total. The van der Waals surface area contributed by atoms with Gasteiger partial charge in [0.25, 0.3) is 0 Å². The number of tetrazole rings is 1. The number of aromatic nitrogens is 4. The summed E-state index contributed by atoms with van der Waals surface area (Å²) in [7, 11) is 8.21. The maximum Gasteiger partial charge on any atom is 0.174 e. The molecule has 0 saturated heterocycles. The first-order valence-electron chi connectivity index (χ1n) is 10.4. The van der Waals surface area contributed by atoms with Crippen molar-refractivity contribution in [2.75, 3.05) is 33.1 Å². The maximum atomic E-state index is 4.49. The molecular weight excluding hydrogens is 384 g/mol. The van der Waals surface area contributed by atoms with Gasteiger partial charge in [-0.15, -0.1) is 5.10 Å². The van der Waals surface area contributed by atoms with Crippen molar-refractivity contribution in [3.8, 4) is 0 Å². The topological polar surface area (TPSA) is 50.1 Å². The van der Waals surface area contributed by atoms with Gasteiger partial charge in [-0.3, -0.25) is 4.90 Å². The van der Waals surface area contributed by atoms with Gasteiger partial charge in [0.2, 0.25) is 0 Å². The molecule has 0 N–H and O–H groups in total. The number of hydrogen-bond donors (Lipinski definition) is 0. The van der Waals surface area contributed by atoms with E-state index in [1.807, 2.05) is 30.9 Å². The van der Waals surface area contributed by atoms with Crippen molar-refractivity contribution < 1.29 is 0 Å². The van der Waals surface area contributed by atoms with Gasteiger partial charge in [-0.2, -0.15) is 0 Å². The second-order valence-corrected chi connectivity index (χ2v) is 8.06. The number of nitrogens with zero attached hydrogens (tertiary/aromatic N) is 6. The highest BCUT2D eigenvalue weighted by Crippen LogP contribution is 2.32. The van der Waals surface area contributed by atoms with Gasteiger partial charge in [-0.1, -0.05) is 72.8 Å². The monoisotopic (exact) mass is 412 g/mol. The Kier molecular flexibility index (Phi) is 6.09. The first-order chi connectivity index (χ1) is 15.1. The Morgan fingerprint density at radius 1 is 0.677 bits per heavy atom. The van der Waals surface area contributed by atoms with E-state index in [4.69, 9.17) is 0 Å². The minimum absolute atomic E-state index is 0.0823. The van der Waals surface area contributed by atoms with Crippen LogP contribution in [-0.2, 0) is 0 Å². The van der Waals surface area contributed by atoms with Crippen LogP contribution in [0.25, 0.3) is 0 Å². The van der Waals surface area contributed by atoms with Crippen LogP contribution in [0.1, 0.15) is 34.6 Å². The lowest BCUT2D eigenvalue weighted by atomic mass is 9.97. The van der Waals surface area contributed by atoms with Crippen LogP contribution < -0.4 is 4.90 Å². The Hall–Kier alpha value is -3.51. The van der Waals surface area contributed by atoms with E-state index in [9.17, 15) is 0 Å². The standard InChI is InChI=1S/C25H28N6/c1-29(2)22-17-15-21(16-18-22)24(30(3)4)25-26-27-28-31(25)23(19-11-7-5-8-12-19)20-13-9-6-10-14-20/h5-18,23-24H,1-4H3/t24-/m1/s1. The summed E-state index contributed by atoms with van der Waals surface area (Å²) in [5.74, 6) is 0.806. The fourth-order valence-corrected chi connectivity index (χ4v) is 3.94. The zero-order valence-electron chi connectivity index (χ0n) is 18.4. The van der Waals surface area contributed by atoms with Crippen LogP contribution in [0.2, 0.25) is 0 Å². The Balaban J connectivity index is 1.82. The largest absolute Gasteiger partial charge is 0.378 e. The zero-order chi connectivity index (χ0) is 21.8. The lowest BCUT2D eigenvalue weighted by Gasteiger charge is -2.27. The quantitative estimate of drug-likeness (QED) is 0.459. The zero-order valence-corrected chi connectivity index (χ0v) is 18.4. The number of rotatable bonds is 7. The minimum atomic E-state index is -0.115. The summed E-state index contributed by atoms with van der Waals surface area (Å²) < 4.78 is 1.95. The van der Waals surface area contributed by atoms with Crippen molar-refractivity contribution in [1.29, 1.82) is 0 Å². The number of anilines is 1. The highest BCUT2D eigenvalue weighted by Gasteiger charge is 2.28. The van der Waals surface area contributed by atoms with E-state index in [1.54, 1.807) is 0 Å². The molecule has 31 heavy (non-hydrogen) atoms. The van der Waals surface area contributed by atoms with E-state index in [0.717, 1.165) is 28.2 Å². The molecule has 1 atom stereocenters. The van der Waals surface area contributed by atoms with Gasteiger partial charge in [0, 0.05) is 19.8 Å². The molecule has 0 spiro atoms. The van der Waals surface area contributed by atoms with E-state index >= 15 is 0 Å². The second-order valence-electron chi connectivity index (χ2n) is 8.06. The number of hydrogen-bond acceptors (Lipinski definition) is 5. The fraction of sp³-hybridized carbons (Fsp3) is 0.240. The molecule has 0 aliphatic heterocycles. The number of benzene rings is 3. The third kappa shape index (κ3) is 4.34. The van der Waals surface area contributed by atoms with Crippen molar-refractivity contribution in [1.82, 2.24) is 25.1 Å². The van der Waals surface area contributed by atoms with E-state index in [1.165, 1.54) is 0 Å². The molecule has 1 heterocycles. The first kappa shape index (κ1) is 20.8. The molecule has 0 saturated carbocycles. The molecule has 158 valence electrons. The molecule has 0 radical (unpaired) electrons. The molecule has 0 bridgehead atoms. The van der Waals surface area contributed by atoms with E-state index in [2.05, 4.69) is 112 Å². The summed E-state index contributed by atoms with van der Waals surface area (Å²) in [6, 6.07) is 29.1. The lowest BCUT2D eigenvalue weighted by Crippen LogP contribution is -2.27. The van der Waals surface area contributed by atoms with Gasteiger partial charge in [0.05, 0.1) is 6.04 Å². The van der Waals surface area contributed by atoms with E-state index in [-0.39, 0.29) is 12.1 Å². The maximum absolute atomic E-state index is 4.49. The van der Waals surface area contributed by atoms with E-state index in [0.29, 0.717) is 0 Å². The molecule has 4 aromatic rings. The van der Waals surface area contributed by atoms with E-state index < -0.39 is 0 Å². The van der Waals surface area contributed by atoms with Gasteiger partial charge in [-0.25, -0.2) is 4.68 Å². The molecule has 0 aliphatic rings. The SMILES string of the molecule is CN(C)c1ccc([C@H](c2nnnn2C(c2ccccc2)c2ccccc2)N(C)C)cc1. The van der Waals surface area contributed by atoms with Crippen LogP contribution in [0.4, 0.5) is 5.69 Å². The fourth-order valence-electron chi connectivity index (χ4n) is 3.94. The lowest BCUT2D eigenvalue weighted by molar-refractivity contribution is 0.315. The summed E-state index contributed by atoms with van der Waals surface area (Å²) in [4.78, 5) is 4.25. The van der Waals surface area contributed by atoms with Crippen molar-refractivity contribution >= 4 is 5.69 Å². The Bertz CT molecular complexity index is 1050. The molecule has 0 fully saturated rings. The van der Waals surface area contributed by atoms with Crippen LogP contribution in [0.15, 0.2) is 84.9 Å².